The fraction of sp³-hybridized carbons (Fsp3) is 0.0667. The van der Waals surface area contributed by atoms with Gasteiger partial charge >= 0.3 is 0 Å². The number of benzene rings is 1. The van der Waals surface area contributed by atoms with Crippen molar-refractivity contribution < 1.29 is 4.74 Å². The second-order valence-corrected chi connectivity index (χ2v) is 5.17. The largest absolute Gasteiger partial charge is 0.436 e. The molecule has 2 N–H and O–H groups in total. The Kier molecular flexibility index (Phi) is 3.62. The molecule has 100 valence electrons. The van der Waals surface area contributed by atoms with Gasteiger partial charge in [-0.25, -0.2) is 4.98 Å². The van der Waals surface area contributed by atoms with Gasteiger partial charge in [0.25, 0.3) is 0 Å². The van der Waals surface area contributed by atoms with Gasteiger partial charge in [-0.2, -0.15) is 0 Å². The lowest BCUT2D eigenvalue weighted by Gasteiger charge is -2.10. The van der Waals surface area contributed by atoms with Crippen LogP contribution < -0.4 is 10.5 Å². The highest BCUT2D eigenvalue weighted by Crippen LogP contribution is 2.29. The molecule has 3 rings (SSSR count). The first-order valence-electron chi connectivity index (χ1n) is 6.14. The summed E-state index contributed by atoms with van der Waals surface area (Å²) in [4.78, 5) is 8.63. The van der Waals surface area contributed by atoms with E-state index in [1.54, 1.807) is 12.4 Å². The van der Waals surface area contributed by atoms with Crippen molar-refractivity contribution in [3.8, 4) is 11.6 Å². The highest BCUT2D eigenvalue weighted by molar-refractivity contribution is 9.10. The standard InChI is InChI=1S/C15H12BrN3O/c16-12-7-11(8-17)15(19-9-12)20-13-5-1-3-10-4-2-6-18-14(10)13/h1-7,9H,8,17H2. The van der Waals surface area contributed by atoms with E-state index < -0.39 is 0 Å². The number of rotatable bonds is 3. The molecule has 0 amide bonds. The third-order valence-corrected chi connectivity index (χ3v) is 3.35. The van der Waals surface area contributed by atoms with Crippen LogP contribution in [0.5, 0.6) is 11.6 Å². The Balaban J connectivity index is 2.05. The summed E-state index contributed by atoms with van der Waals surface area (Å²) >= 11 is 3.38. The highest BCUT2D eigenvalue weighted by atomic mass is 79.9. The topological polar surface area (TPSA) is 61.0 Å². The lowest BCUT2D eigenvalue weighted by molar-refractivity contribution is 0.460. The summed E-state index contributed by atoms with van der Waals surface area (Å²) in [6, 6.07) is 11.6. The molecule has 5 heteroatoms. The van der Waals surface area contributed by atoms with E-state index in [1.165, 1.54) is 0 Å². The third kappa shape index (κ3) is 2.50. The number of ether oxygens (including phenoxy) is 1. The molecule has 20 heavy (non-hydrogen) atoms. The molecular formula is C15H12BrN3O. The van der Waals surface area contributed by atoms with Gasteiger partial charge < -0.3 is 10.5 Å². The number of aromatic nitrogens is 2. The lowest BCUT2D eigenvalue weighted by Crippen LogP contribution is -2.01. The van der Waals surface area contributed by atoms with E-state index in [2.05, 4.69) is 25.9 Å². The van der Waals surface area contributed by atoms with Crippen LogP contribution >= 0.6 is 15.9 Å². The molecule has 0 fully saturated rings. The van der Waals surface area contributed by atoms with Crippen LogP contribution in [-0.2, 0) is 6.54 Å². The molecule has 0 atom stereocenters. The van der Waals surface area contributed by atoms with E-state index in [0.717, 1.165) is 20.9 Å². The Morgan fingerprint density at radius 3 is 2.85 bits per heavy atom. The second kappa shape index (κ2) is 5.56. The normalized spacial score (nSPS) is 10.7. The molecule has 0 saturated heterocycles. The summed E-state index contributed by atoms with van der Waals surface area (Å²) in [5.41, 5.74) is 7.38. The van der Waals surface area contributed by atoms with Gasteiger partial charge in [0.2, 0.25) is 5.88 Å². The van der Waals surface area contributed by atoms with Crippen molar-refractivity contribution >= 4 is 26.8 Å². The monoisotopic (exact) mass is 329 g/mol. The molecule has 0 aliphatic rings. The minimum atomic E-state index is 0.361. The zero-order valence-electron chi connectivity index (χ0n) is 10.6. The number of halogens is 1. The van der Waals surface area contributed by atoms with E-state index in [4.69, 9.17) is 10.5 Å². The molecule has 0 bridgehead atoms. The van der Waals surface area contributed by atoms with Gasteiger partial charge in [-0.1, -0.05) is 18.2 Å². The predicted molar refractivity (Wildman–Crippen MR) is 81.6 cm³/mol. The molecule has 2 aromatic heterocycles. The highest BCUT2D eigenvalue weighted by Gasteiger charge is 2.09. The first kappa shape index (κ1) is 13.0. The molecule has 0 unspecified atom stereocenters. The average Bonchev–Trinajstić information content (AvgIpc) is 2.49. The van der Waals surface area contributed by atoms with Gasteiger partial charge in [0.05, 0.1) is 0 Å². The van der Waals surface area contributed by atoms with Crippen molar-refractivity contribution in [2.75, 3.05) is 0 Å². The molecular weight excluding hydrogens is 318 g/mol. The summed E-state index contributed by atoms with van der Waals surface area (Å²) in [5, 5.41) is 1.02. The van der Waals surface area contributed by atoms with Crippen LogP contribution in [0, 0.1) is 0 Å². The van der Waals surface area contributed by atoms with Crippen LogP contribution in [0.15, 0.2) is 53.3 Å². The van der Waals surface area contributed by atoms with Crippen molar-refractivity contribution in [2.45, 2.75) is 6.54 Å². The van der Waals surface area contributed by atoms with Crippen LogP contribution in [0.25, 0.3) is 10.9 Å². The number of pyridine rings is 2. The maximum absolute atomic E-state index is 5.89. The summed E-state index contributed by atoms with van der Waals surface area (Å²) in [6.07, 6.45) is 3.43. The Morgan fingerprint density at radius 2 is 2.00 bits per heavy atom. The second-order valence-electron chi connectivity index (χ2n) is 4.26. The van der Waals surface area contributed by atoms with Crippen molar-refractivity contribution in [1.82, 2.24) is 9.97 Å². The molecule has 0 aliphatic heterocycles. The van der Waals surface area contributed by atoms with Gasteiger partial charge in [0, 0.05) is 34.4 Å². The molecule has 4 nitrogen and oxygen atoms in total. The van der Waals surface area contributed by atoms with Crippen LogP contribution in [0.1, 0.15) is 5.56 Å². The van der Waals surface area contributed by atoms with Gasteiger partial charge in [-0.15, -0.1) is 0 Å². The smallest absolute Gasteiger partial charge is 0.223 e. The lowest BCUT2D eigenvalue weighted by atomic mass is 10.2. The van der Waals surface area contributed by atoms with Crippen LogP contribution in [0.2, 0.25) is 0 Å². The summed E-state index contributed by atoms with van der Waals surface area (Å²) in [7, 11) is 0. The third-order valence-electron chi connectivity index (χ3n) is 2.91. The summed E-state index contributed by atoms with van der Waals surface area (Å²) in [6.45, 7) is 0.361. The Hall–Kier alpha value is -1.98. The van der Waals surface area contributed by atoms with E-state index in [-0.39, 0.29) is 0 Å². The maximum Gasteiger partial charge on any atom is 0.223 e. The summed E-state index contributed by atoms with van der Waals surface area (Å²) in [5.74, 6) is 1.18. The first-order chi connectivity index (χ1) is 9.78. The SMILES string of the molecule is NCc1cc(Br)cnc1Oc1cccc2cccnc12. The average molecular weight is 330 g/mol. The number of hydrogen-bond donors (Lipinski definition) is 1. The van der Waals surface area contributed by atoms with Gasteiger partial charge in [0.15, 0.2) is 5.75 Å². The first-order valence-corrected chi connectivity index (χ1v) is 6.93. The molecule has 0 spiro atoms. The quantitative estimate of drug-likeness (QED) is 0.796. The van der Waals surface area contributed by atoms with Crippen molar-refractivity contribution in [1.29, 1.82) is 0 Å². The Bertz CT molecular complexity index is 756. The molecule has 0 aliphatic carbocycles. The molecule has 0 radical (unpaired) electrons. The fourth-order valence-corrected chi connectivity index (χ4v) is 2.35. The predicted octanol–water partition coefficient (Wildman–Crippen LogP) is 3.64. The van der Waals surface area contributed by atoms with Crippen LogP contribution in [0.4, 0.5) is 0 Å². The Labute approximate surface area is 124 Å². The van der Waals surface area contributed by atoms with Crippen LogP contribution in [0.3, 0.4) is 0 Å². The zero-order valence-corrected chi connectivity index (χ0v) is 12.2. The number of para-hydroxylation sites is 1. The van der Waals surface area contributed by atoms with E-state index in [0.29, 0.717) is 18.2 Å². The molecule has 1 aromatic carbocycles. The van der Waals surface area contributed by atoms with Crippen molar-refractivity contribution in [3.63, 3.8) is 0 Å². The molecule has 3 aromatic rings. The minimum absolute atomic E-state index is 0.361. The number of hydrogen-bond acceptors (Lipinski definition) is 4. The van der Waals surface area contributed by atoms with Crippen LogP contribution in [-0.4, -0.2) is 9.97 Å². The van der Waals surface area contributed by atoms with Gasteiger partial charge in [-0.3, -0.25) is 4.98 Å². The summed E-state index contributed by atoms with van der Waals surface area (Å²) < 4.78 is 6.77. The van der Waals surface area contributed by atoms with E-state index in [1.807, 2.05) is 36.4 Å². The van der Waals surface area contributed by atoms with Gasteiger partial charge in [0.1, 0.15) is 5.52 Å². The Morgan fingerprint density at radius 1 is 1.15 bits per heavy atom. The maximum atomic E-state index is 5.89. The van der Waals surface area contributed by atoms with E-state index in [9.17, 15) is 0 Å². The van der Waals surface area contributed by atoms with Crippen molar-refractivity contribution in [3.05, 3.63) is 58.8 Å². The minimum Gasteiger partial charge on any atom is -0.436 e. The number of nitrogens with two attached hydrogens (primary N) is 1. The van der Waals surface area contributed by atoms with Gasteiger partial charge in [-0.05, 0) is 34.1 Å². The molecule has 0 saturated carbocycles. The fourth-order valence-electron chi connectivity index (χ4n) is 1.97. The number of nitrogens with zero attached hydrogens (tertiary/aromatic N) is 2. The molecule has 2 heterocycles. The zero-order chi connectivity index (χ0) is 13.9. The van der Waals surface area contributed by atoms with E-state index >= 15 is 0 Å². The van der Waals surface area contributed by atoms with Crippen molar-refractivity contribution in [2.24, 2.45) is 5.73 Å². The number of fused-ring (bicyclic) bond motifs is 1.